The number of carbonyl (C=O) groups is 3. The van der Waals surface area contributed by atoms with Crippen molar-refractivity contribution in [3.8, 4) is 6.07 Å². The number of carbonyl (C=O) groups excluding carboxylic acids is 3. The first-order valence-corrected chi connectivity index (χ1v) is 11.2. The predicted molar refractivity (Wildman–Crippen MR) is 105 cm³/mol. The average Bonchev–Trinajstić information content (AvgIpc) is 3.55. The van der Waals surface area contributed by atoms with E-state index in [4.69, 9.17) is 21.1 Å². The lowest BCUT2D eigenvalue weighted by atomic mass is 9.91. The second kappa shape index (κ2) is 8.61. The zero-order chi connectivity index (χ0) is 21.2. The molecule has 2 fully saturated rings. The molecule has 1 atom stereocenters. The van der Waals surface area contributed by atoms with Gasteiger partial charge in [-0.1, -0.05) is 11.6 Å². The first-order chi connectivity index (χ1) is 13.8. The van der Waals surface area contributed by atoms with Crippen LogP contribution in [0.4, 0.5) is 5.69 Å². The highest BCUT2D eigenvalue weighted by molar-refractivity contribution is 7.93. The minimum Gasteiger partial charge on any atom is -0.465 e. The van der Waals surface area contributed by atoms with Crippen LogP contribution in [0, 0.1) is 23.2 Å². The molecule has 154 valence electrons. The van der Waals surface area contributed by atoms with E-state index in [2.05, 4.69) is 4.36 Å². The molecule has 1 heterocycles. The van der Waals surface area contributed by atoms with Gasteiger partial charge in [0.25, 0.3) is 0 Å². The van der Waals surface area contributed by atoms with Crippen LogP contribution >= 0.6 is 11.6 Å². The van der Waals surface area contributed by atoms with Gasteiger partial charge < -0.3 is 9.47 Å². The number of nitriles is 1. The van der Waals surface area contributed by atoms with E-state index >= 15 is 0 Å². The van der Waals surface area contributed by atoms with Gasteiger partial charge in [0.2, 0.25) is 0 Å². The molecule has 1 aliphatic carbocycles. The van der Waals surface area contributed by atoms with Crippen molar-refractivity contribution in [3.63, 3.8) is 0 Å². The summed E-state index contributed by atoms with van der Waals surface area (Å²) in [6.45, 7) is 0.497. The number of ether oxygens (including phenoxy) is 2. The zero-order valence-electron chi connectivity index (χ0n) is 15.7. The lowest BCUT2D eigenvalue weighted by molar-refractivity contribution is -0.121. The van der Waals surface area contributed by atoms with Gasteiger partial charge in [-0.3, -0.25) is 9.59 Å². The number of methoxy groups -OCH3 is 1. The van der Waals surface area contributed by atoms with Crippen molar-refractivity contribution in [2.24, 2.45) is 16.2 Å². The quantitative estimate of drug-likeness (QED) is 0.379. The molecule has 0 N–H and O–H groups in total. The highest BCUT2D eigenvalue weighted by atomic mass is 35.5. The number of nitrogens with zero attached hydrogens (tertiary/aromatic N) is 2. The van der Waals surface area contributed by atoms with Crippen LogP contribution in [0.3, 0.4) is 0 Å². The van der Waals surface area contributed by atoms with Crippen LogP contribution < -0.4 is 0 Å². The van der Waals surface area contributed by atoms with E-state index in [0.29, 0.717) is 12.8 Å². The van der Waals surface area contributed by atoms with Crippen molar-refractivity contribution >= 4 is 44.6 Å². The number of benzene rings is 1. The summed E-state index contributed by atoms with van der Waals surface area (Å²) in [5.74, 6) is -3.40. The van der Waals surface area contributed by atoms with E-state index in [1.807, 2.05) is 0 Å². The van der Waals surface area contributed by atoms with Crippen molar-refractivity contribution in [2.75, 3.05) is 31.8 Å². The summed E-state index contributed by atoms with van der Waals surface area (Å²) in [7, 11) is -1.58. The monoisotopic (exact) mass is 438 g/mol. The molecule has 10 heteroatoms. The summed E-state index contributed by atoms with van der Waals surface area (Å²) in [5, 5.41) is 9.13. The fourth-order valence-electron chi connectivity index (χ4n) is 2.97. The Morgan fingerprint density at radius 3 is 2.45 bits per heavy atom. The maximum atomic E-state index is 13.0. The van der Waals surface area contributed by atoms with Crippen LogP contribution in [-0.4, -0.2) is 53.6 Å². The lowest BCUT2D eigenvalue weighted by Gasteiger charge is -2.18. The lowest BCUT2D eigenvalue weighted by Crippen LogP contribution is -2.26. The van der Waals surface area contributed by atoms with Crippen LogP contribution in [0.25, 0.3) is 0 Å². The average molecular weight is 439 g/mol. The fourth-order valence-corrected chi connectivity index (χ4v) is 4.99. The smallest absolute Gasteiger partial charge is 0.340 e. The van der Waals surface area contributed by atoms with Gasteiger partial charge in [-0.15, -0.1) is 0 Å². The van der Waals surface area contributed by atoms with Gasteiger partial charge in [-0.05, 0) is 25.0 Å². The summed E-state index contributed by atoms with van der Waals surface area (Å²) < 4.78 is 27.2. The molecule has 1 saturated carbocycles. The molecular weight excluding hydrogens is 420 g/mol. The molecule has 29 heavy (non-hydrogen) atoms. The van der Waals surface area contributed by atoms with Crippen molar-refractivity contribution in [1.29, 1.82) is 5.26 Å². The minimum atomic E-state index is -2.75. The second-order valence-corrected chi connectivity index (χ2v) is 9.72. The third kappa shape index (κ3) is 4.50. The van der Waals surface area contributed by atoms with Gasteiger partial charge in [0, 0.05) is 11.5 Å². The number of ketones is 2. The Balaban J connectivity index is 2.11. The van der Waals surface area contributed by atoms with Gasteiger partial charge >= 0.3 is 5.97 Å². The van der Waals surface area contributed by atoms with Crippen molar-refractivity contribution in [2.45, 2.75) is 12.8 Å². The van der Waals surface area contributed by atoms with Gasteiger partial charge in [0.1, 0.15) is 5.69 Å². The number of Topliss-reactive ketones (excluding diaryl/α,β-unsaturated/α-hetero) is 2. The third-order valence-electron chi connectivity index (χ3n) is 4.79. The number of hydrogen-bond acceptors (Lipinski definition) is 8. The molecule has 1 aliphatic heterocycles. The Morgan fingerprint density at radius 1 is 1.28 bits per heavy atom. The molecule has 0 bridgehead atoms. The Bertz CT molecular complexity index is 1020. The fraction of sp³-hybridized carbons (Fsp3) is 0.474. The standard InChI is InChI=1S/C19H19ClN2O6S/c1-27-19(25)13-5-4-12(18(24)14(10-21)17(23)11-2-3-11)15(20)16(13)22-29(26)8-6-28-7-9-29/h4-5,11,14H,2-3,6-9H2,1H3. The molecule has 1 aromatic carbocycles. The molecule has 0 aromatic heterocycles. The van der Waals surface area contributed by atoms with Gasteiger partial charge in [0.05, 0.1) is 58.2 Å². The van der Waals surface area contributed by atoms with Crippen molar-refractivity contribution < 1.29 is 28.1 Å². The van der Waals surface area contributed by atoms with E-state index < -0.39 is 33.2 Å². The van der Waals surface area contributed by atoms with E-state index in [9.17, 15) is 23.9 Å². The molecular formula is C19H19ClN2O6S. The number of esters is 1. The van der Waals surface area contributed by atoms with E-state index in [-0.39, 0.29) is 52.5 Å². The molecule has 3 rings (SSSR count). The normalized spacial score (nSPS) is 18.9. The second-order valence-electron chi connectivity index (χ2n) is 6.80. The van der Waals surface area contributed by atoms with Crippen molar-refractivity contribution in [1.82, 2.24) is 0 Å². The number of hydrogen-bond donors (Lipinski definition) is 0. The molecule has 1 unspecified atom stereocenters. The van der Waals surface area contributed by atoms with Gasteiger partial charge in [-0.2, -0.15) is 9.62 Å². The van der Waals surface area contributed by atoms with Gasteiger partial charge in [0.15, 0.2) is 17.5 Å². The van der Waals surface area contributed by atoms with E-state index in [0.717, 1.165) is 0 Å². The SMILES string of the molecule is COC(=O)c1ccc(C(=O)C(C#N)C(=O)C2CC2)c(Cl)c1N=S1(=O)CCOCC1. The van der Waals surface area contributed by atoms with E-state index in [1.54, 1.807) is 6.07 Å². The van der Waals surface area contributed by atoms with Crippen LogP contribution in [-0.2, 0) is 24.0 Å². The summed E-state index contributed by atoms with van der Waals surface area (Å²) in [6.07, 6.45) is 1.31. The van der Waals surface area contributed by atoms with Crippen LogP contribution in [0.5, 0.6) is 0 Å². The largest absolute Gasteiger partial charge is 0.465 e. The Kier molecular flexibility index (Phi) is 6.36. The van der Waals surface area contributed by atoms with E-state index in [1.165, 1.54) is 19.2 Å². The Labute approximate surface area is 173 Å². The summed E-state index contributed by atoms with van der Waals surface area (Å²) >= 11 is 6.39. The van der Waals surface area contributed by atoms with Crippen molar-refractivity contribution in [3.05, 3.63) is 28.3 Å². The Hall–Kier alpha value is -2.28. The molecule has 1 saturated heterocycles. The number of halogens is 1. The molecule has 0 spiro atoms. The highest BCUT2D eigenvalue weighted by Gasteiger charge is 2.39. The Morgan fingerprint density at radius 2 is 1.90 bits per heavy atom. The molecule has 0 radical (unpaired) electrons. The first kappa shape index (κ1) is 21.4. The summed E-state index contributed by atoms with van der Waals surface area (Å²) in [4.78, 5) is 37.3. The maximum Gasteiger partial charge on any atom is 0.340 e. The summed E-state index contributed by atoms with van der Waals surface area (Å²) in [6, 6.07) is 4.29. The maximum absolute atomic E-state index is 13.0. The molecule has 1 aromatic rings. The predicted octanol–water partition coefficient (Wildman–Crippen LogP) is 2.56. The van der Waals surface area contributed by atoms with Crippen LogP contribution in [0.15, 0.2) is 16.5 Å². The third-order valence-corrected chi connectivity index (χ3v) is 7.30. The minimum absolute atomic E-state index is 0.0507. The zero-order valence-corrected chi connectivity index (χ0v) is 17.3. The number of rotatable bonds is 6. The van der Waals surface area contributed by atoms with Crippen LogP contribution in [0.1, 0.15) is 33.6 Å². The first-order valence-electron chi connectivity index (χ1n) is 9.00. The van der Waals surface area contributed by atoms with Crippen LogP contribution in [0.2, 0.25) is 5.02 Å². The molecule has 2 aliphatic rings. The van der Waals surface area contributed by atoms with Gasteiger partial charge in [-0.25, -0.2) is 9.00 Å². The summed E-state index contributed by atoms with van der Waals surface area (Å²) in [5.41, 5.74) is -0.300. The molecule has 0 amide bonds. The topological polar surface area (TPSA) is 123 Å². The molecule has 8 nitrogen and oxygen atoms in total. The highest BCUT2D eigenvalue weighted by Crippen LogP contribution is 2.38.